The van der Waals surface area contributed by atoms with Gasteiger partial charge in [0.15, 0.2) is 0 Å². The number of nitrogens with zero attached hydrogens (tertiary/aromatic N) is 3. The lowest BCUT2D eigenvalue weighted by Gasteiger charge is -2.47. The fourth-order valence-corrected chi connectivity index (χ4v) is 3.55. The minimum Gasteiger partial charge on any atom is -0.360 e. The zero-order valence-electron chi connectivity index (χ0n) is 13.3. The molecule has 1 aromatic heterocycles. The average molecular weight is 343 g/mol. The number of carbonyl (C=O) groups excluding carboxylic acids is 1. The fraction of sp³-hybridized carbons (Fsp3) is 0.389. The Labute approximate surface area is 142 Å². The number of aromatic nitrogens is 2. The maximum Gasteiger partial charge on any atom is 0.257 e. The van der Waals surface area contributed by atoms with Crippen LogP contribution in [0.2, 0.25) is 0 Å². The van der Waals surface area contributed by atoms with Crippen LogP contribution in [-0.4, -0.2) is 33.9 Å². The molecule has 2 aliphatic heterocycles. The summed E-state index contributed by atoms with van der Waals surface area (Å²) in [5.74, 6) is -0.666. The van der Waals surface area contributed by atoms with Gasteiger partial charge in [0.1, 0.15) is 23.1 Å². The third-order valence-electron chi connectivity index (χ3n) is 5.15. The van der Waals surface area contributed by atoms with Gasteiger partial charge < -0.3 is 9.64 Å². The Hall–Kier alpha value is -2.41. The van der Waals surface area contributed by atoms with Crippen molar-refractivity contribution in [1.29, 1.82) is 0 Å². The molecule has 3 aliphatic rings. The van der Waals surface area contributed by atoms with Gasteiger partial charge in [-0.05, 0) is 25.0 Å². The minimum atomic E-state index is -0.851. The van der Waals surface area contributed by atoms with E-state index in [2.05, 4.69) is 9.97 Å². The van der Waals surface area contributed by atoms with E-state index in [9.17, 15) is 13.6 Å². The predicted molar refractivity (Wildman–Crippen MR) is 82.7 cm³/mol. The van der Waals surface area contributed by atoms with Crippen LogP contribution in [0.4, 0.5) is 8.78 Å². The molecule has 0 unspecified atom stereocenters. The molecule has 0 atom stereocenters. The maximum atomic E-state index is 13.8. The molecule has 0 bridgehead atoms. The van der Waals surface area contributed by atoms with Gasteiger partial charge in [0, 0.05) is 23.7 Å². The van der Waals surface area contributed by atoms with E-state index in [-0.39, 0.29) is 5.56 Å². The predicted octanol–water partition coefficient (Wildman–Crippen LogP) is 2.51. The van der Waals surface area contributed by atoms with Gasteiger partial charge in [0.05, 0.1) is 31.0 Å². The van der Waals surface area contributed by atoms with Crippen LogP contribution in [-0.2, 0) is 16.9 Å². The molecule has 25 heavy (non-hydrogen) atoms. The second-order valence-electron chi connectivity index (χ2n) is 6.93. The first-order chi connectivity index (χ1) is 12.1. The van der Waals surface area contributed by atoms with Gasteiger partial charge in [-0.15, -0.1) is 0 Å². The number of hydrogen-bond acceptors (Lipinski definition) is 4. The maximum absolute atomic E-state index is 13.8. The SMILES string of the molecule is O=C(c1ccc(F)cc1F)N1CC2(C1)OCc1nc(C3CC3)ncc12. The van der Waals surface area contributed by atoms with Crippen LogP contribution in [0.25, 0.3) is 0 Å². The van der Waals surface area contributed by atoms with E-state index in [0.29, 0.717) is 25.6 Å². The molecule has 0 N–H and O–H groups in total. The summed E-state index contributed by atoms with van der Waals surface area (Å²) in [6.07, 6.45) is 4.08. The Kier molecular flexibility index (Phi) is 3.01. The molecular formula is C18H15F2N3O2. The Balaban J connectivity index is 1.36. The number of rotatable bonds is 2. The first-order valence-electron chi connectivity index (χ1n) is 8.30. The van der Waals surface area contributed by atoms with Gasteiger partial charge in [0.25, 0.3) is 5.91 Å². The van der Waals surface area contributed by atoms with Crippen LogP contribution in [0.5, 0.6) is 0 Å². The van der Waals surface area contributed by atoms with Gasteiger partial charge >= 0.3 is 0 Å². The number of likely N-dealkylation sites (tertiary alicyclic amines) is 1. The monoisotopic (exact) mass is 343 g/mol. The Morgan fingerprint density at radius 2 is 2.08 bits per heavy atom. The molecule has 1 aromatic carbocycles. The van der Waals surface area contributed by atoms with Gasteiger partial charge in [-0.25, -0.2) is 18.7 Å². The molecule has 2 fully saturated rings. The summed E-state index contributed by atoms with van der Waals surface area (Å²) in [6.45, 7) is 1.05. The second-order valence-corrected chi connectivity index (χ2v) is 6.93. The molecule has 5 nitrogen and oxygen atoms in total. The summed E-state index contributed by atoms with van der Waals surface area (Å²) < 4.78 is 32.7. The van der Waals surface area contributed by atoms with E-state index < -0.39 is 23.1 Å². The number of halogens is 2. The van der Waals surface area contributed by atoms with Crippen LogP contribution in [0, 0.1) is 11.6 Å². The fourth-order valence-electron chi connectivity index (χ4n) is 3.55. The van der Waals surface area contributed by atoms with Crippen molar-refractivity contribution >= 4 is 5.91 Å². The number of fused-ring (bicyclic) bond motifs is 2. The topological polar surface area (TPSA) is 55.3 Å². The normalized spacial score (nSPS) is 20.5. The number of benzene rings is 1. The summed E-state index contributed by atoms with van der Waals surface area (Å²) >= 11 is 0. The minimum absolute atomic E-state index is 0.130. The van der Waals surface area contributed by atoms with Gasteiger partial charge in [-0.1, -0.05) is 0 Å². The Bertz CT molecular complexity index is 892. The van der Waals surface area contributed by atoms with Crippen molar-refractivity contribution < 1.29 is 18.3 Å². The Morgan fingerprint density at radius 1 is 1.28 bits per heavy atom. The van der Waals surface area contributed by atoms with Crippen LogP contribution in [0.15, 0.2) is 24.4 Å². The molecule has 0 radical (unpaired) electrons. The highest BCUT2D eigenvalue weighted by Gasteiger charge is 2.53. The van der Waals surface area contributed by atoms with Gasteiger partial charge in [-0.3, -0.25) is 4.79 Å². The summed E-state index contributed by atoms with van der Waals surface area (Å²) in [4.78, 5) is 23.0. The van der Waals surface area contributed by atoms with Gasteiger partial charge in [-0.2, -0.15) is 0 Å². The standard InChI is InChI=1S/C18H15F2N3O2/c19-11-3-4-12(14(20)5-11)17(24)23-8-18(9-23)13-6-21-16(10-1-2-10)22-15(13)7-25-18/h3-6,10H,1-2,7-9H2. The zero-order chi connectivity index (χ0) is 17.2. The first-order valence-corrected chi connectivity index (χ1v) is 8.30. The molecule has 1 spiro atoms. The summed E-state index contributed by atoms with van der Waals surface area (Å²) in [5, 5.41) is 0. The molecule has 1 aliphatic carbocycles. The number of amides is 1. The van der Waals surface area contributed by atoms with Crippen molar-refractivity contribution in [2.75, 3.05) is 13.1 Å². The molecule has 2 aromatic rings. The van der Waals surface area contributed by atoms with Crippen LogP contribution in [0.3, 0.4) is 0 Å². The molecular weight excluding hydrogens is 328 g/mol. The quantitative estimate of drug-likeness (QED) is 0.841. The first kappa shape index (κ1) is 14.9. The van der Waals surface area contributed by atoms with E-state index in [4.69, 9.17) is 4.74 Å². The van der Waals surface area contributed by atoms with Crippen molar-refractivity contribution in [3.63, 3.8) is 0 Å². The van der Waals surface area contributed by atoms with E-state index in [1.807, 2.05) is 6.20 Å². The van der Waals surface area contributed by atoms with Crippen LogP contribution >= 0.6 is 0 Å². The lowest BCUT2D eigenvalue weighted by molar-refractivity contribution is -0.126. The third-order valence-corrected chi connectivity index (χ3v) is 5.15. The van der Waals surface area contributed by atoms with Crippen molar-refractivity contribution in [2.45, 2.75) is 31.0 Å². The van der Waals surface area contributed by atoms with E-state index in [1.54, 1.807) is 0 Å². The lowest BCUT2D eigenvalue weighted by atomic mass is 9.87. The summed E-state index contributed by atoms with van der Waals surface area (Å²) in [6, 6.07) is 2.98. The highest BCUT2D eigenvalue weighted by Crippen LogP contribution is 2.45. The van der Waals surface area contributed by atoms with E-state index >= 15 is 0 Å². The smallest absolute Gasteiger partial charge is 0.257 e. The van der Waals surface area contributed by atoms with Crippen LogP contribution < -0.4 is 0 Å². The Morgan fingerprint density at radius 3 is 2.80 bits per heavy atom. The highest BCUT2D eigenvalue weighted by atomic mass is 19.1. The van der Waals surface area contributed by atoms with E-state index in [1.165, 1.54) is 11.0 Å². The molecule has 3 heterocycles. The van der Waals surface area contributed by atoms with Crippen molar-refractivity contribution in [3.05, 3.63) is 58.7 Å². The molecule has 1 amide bonds. The van der Waals surface area contributed by atoms with Crippen molar-refractivity contribution in [1.82, 2.24) is 14.9 Å². The molecule has 1 saturated carbocycles. The summed E-state index contributed by atoms with van der Waals surface area (Å²) in [5.41, 5.74) is 1.08. The van der Waals surface area contributed by atoms with Crippen LogP contribution in [0.1, 0.15) is 46.2 Å². The lowest BCUT2D eigenvalue weighted by Crippen LogP contribution is -2.61. The molecule has 7 heteroatoms. The number of ether oxygens (including phenoxy) is 1. The van der Waals surface area contributed by atoms with Crippen molar-refractivity contribution in [2.24, 2.45) is 0 Å². The van der Waals surface area contributed by atoms with Crippen molar-refractivity contribution in [3.8, 4) is 0 Å². The number of carbonyl (C=O) groups is 1. The van der Waals surface area contributed by atoms with E-state index in [0.717, 1.165) is 42.1 Å². The third kappa shape index (κ3) is 2.26. The average Bonchev–Trinajstić information content (AvgIpc) is 3.33. The largest absolute Gasteiger partial charge is 0.360 e. The van der Waals surface area contributed by atoms with Gasteiger partial charge in [0.2, 0.25) is 0 Å². The molecule has 5 rings (SSSR count). The number of hydrogen-bond donors (Lipinski definition) is 0. The molecule has 128 valence electrons. The molecule has 1 saturated heterocycles. The second kappa shape index (κ2) is 5.05. The highest BCUT2D eigenvalue weighted by molar-refractivity contribution is 5.95. The summed E-state index contributed by atoms with van der Waals surface area (Å²) in [7, 11) is 0. The zero-order valence-corrected chi connectivity index (χ0v) is 13.3.